The molecule has 0 radical (unpaired) electrons. The molecule has 0 spiro atoms. The van der Waals surface area contributed by atoms with Crippen molar-refractivity contribution in [3.05, 3.63) is 54.3 Å². The fraction of sp³-hybridized carbons (Fsp3) is 0.440. The van der Waals surface area contributed by atoms with Crippen molar-refractivity contribution in [2.45, 2.75) is 50.5 Å². The van der Waals surface area contributed by atoms with Gasteiger partial charge in [0.1, 0.15) is 11.6 Å². The third-order valence-corrected chi connectivity index (χ3v) is 7.67. The van der Waals surface area contributed by atoms with Gasteiger partial charge in [-0.05, 0) is 87.8 Å². The van der Waals surface area contributed by atoms with E-state index >= 15 is 0 Å². The van der Waals surface area contributed by atoms with Crippen LogP contribution in [0.25, 0.3) is 10.9 Å². The molecule has 1 aromatic heterocycles. The first-order valence-corrected chi connectivity index (χ1v) is 13.3. The van der Waals surface area contributed by atoms with Crippen LogP contribution in [0.1, 0.15) is 39.5 Å². The summed E-state index contributed by atoms with van der Waals surface area (Å²) in [7, 11) is -3.62. The van der Waals surface area contributed by atoms with E-state index in [2.05, 4.69) is 34.2 Å². The van der Waals surface area contributed by atoms with E-state index in [1.165, 1.54) is 12.1 Å². The third-order valence-electron chi connectivity index (χ3n) is 6.23. The van der Waals surface area contributed by atoms with E-state index in [1.807, 2.05) is 24.3 Å². The summed E-state index contributed by atoms with van der Waals surface area (Å²) < 4.78 is 40.6. The van der Waals surface area contributed by atoms with E-state index in [0.717, 1.165) is 61.1 Å². The first kappa shape index (κ1) is 24.3. The predicted molar refractivity (Wildman–Crippen MR) is 134 cm³/mol. The third kappa shape index (κ3) is 6.21. The zero-order chi connectivity index (χ0) is 24.1. The lowest BCUT2D eigenvalue weighted by molar-refractivity contribution is 0.284. The number of aromatic nitrogens is 2. The van der Waals surface area contributed by atoms with Gasteiger partial charge in [0.25, 0.3) is 0 Å². The van der Waals surface area contributed by atoms with E-state index < -0.39 is 15.8 Å². The molecule has 0 aliphatic heterocycles. The number of anilines is 2. The van der Waals surface area contributed by atoms with Crippen LogP contribution in [0.4, 0.5) is 16.2 Å². The maximum atomic E-state index is 13.1. The van der Waals surface area contributed by atoms with Crippen LogP contribution in [0, 0.1) is 17.7 Å². The van der Waals surface area contributed by atoms with Crippen molar-refractivity contribution in [2.75, 3.05) is 23.7 Å². The lowest BCUT2D eigenvalue weighted by Crippen LogP contribution is -2.32. The van der Waals surface area contributed by atoms with Gasteiger partial charge in [0.2, 0.25) is 16.0 Å². The monoisotopic (exact) mass is 485 g/mol. The molecule has 3 N–H and O–H groups in total. The van der Waals surface area contributed by atoms with E-state index in [1.54, 1.807) is 0 Å². The minimum Gasteiger partial charge on any atom is -0.367 e. The lowest BCUT2D eigenvalue weighted by Gasteiger charge is -2.28. The highest BCUT2D eigenvalue weighted by Gasteiger charge is 2.23. The van der Waals surface area contributed by atoms with Gasteiger partial charge in [0, 0.05) is 24.5 Å². The highest BCUT2D eigenvalue weighted by atomic mass is 32.2. The summed E-state index contributed by atoms with van der Waals surface area (Å²) in [5, 5.41) is 7.82. The highest BCUT2D eigenvalue weighted by Crippen LogP contribution is 2.29. The molecule has 1 saturated carbocycles. The summed E-state index contributed by atoms with van der Waals surface area (Å²) in [6.45, 7) is 5.36. The standard InChI is InChI=1S/C25H32FN5O2S/c1-17(2)29-24-22-5-3-4-6-23(22)30-25(31-24)27-15-18-7-9-19(10-8-18)16-28-34(32,33)21-13-11-20(26)12-14-21/h3-6,11-14,17-19,28H,7-10,15-16H2,1-2H3,(H2,27,29,30,31)/t18-,19-. The van der Waals surface area contributed by atoms with Crippen molar-refractivity contribution in [1.82, 2.24) is 14.7 Å². The SMILES string of the molecule is CC(C)Nc1nc(NC[C@H]2CC[C@H](CNS(=O)(=O)c3ccc(F)cc3)CC2)nc2ccccc12. The molecule has 7 nitrogen and oxygen atoms in total. The van der Waals surface area contributed by atoms with Gasteiger partial charge in [0.15, 0.2) is 0 Å². The van der Waals surface area contributed by atoms with Crippen LogP contribution in [0.2, 0.25) is 0 Å². The number of nitrogens with zero attached hydrogens (tertiary/aromatic N) is 2. The van der Waals surface area contributed by atoms with Crippen molar-refractivity contribution < 1.29 is 12.8 Å². The molecule has 0 saturated heterocycles. The van der Waals surface area contributed by atoms with Crippen LogP contribution in [0.15, 0.2) is 53.4 Å². The summed E-state index contributed by atoms with van der Waals surface area (Å²) in [5.41, 5.74) is 0.903. The molecule has 0 unspecified atom stereocenters. The summed E-state index contributed by atoms with van der Waals surface area (Å²) >= 11 is 0. The fourth-order valence-corrected chi connectivity index (χ4v) is 5.46. The predicted octanol–water partition coefficient (Wildman–Crippen LogP) is 4.79. The smallest absolute Gasteiger partial charge is 0.240 e. The maximum Gasteiger partial charge on any atom is 0.240 e. The van der Waals surface area contributed by atoms with Crippen molar-refractivity contribution >= 4 is 32.7 Å². The van der Waals surface area contributed by atoms with E-state index in [0.29, 0.717) is 24.3 Å². The molecule has 1 aliphatic rings. The average molecular weight is 486 g/mol. The van der Waals surface area contributed by atoms with Gasteiger partial charge in [-0.2, -0.15) is 4.98 Å². The maximum absolute atomic E-state index is 13.1. The van der Waals surface area contributed by atoms with Gasteiger partial charge < -0.3 is 10.6 Å². The van der Waals surface area contributed by atoms with Crippen LogP contribution >= 0.6 is 0 Å². The van der Waals surface area contributed by atoms with Crippen molar-refractivity contribution in [3.8, 4) is 0 Å². The quantitative estimate of drug-likeness (QED) is 0.403. The van der Waals surface area contributed by atoms with E-state index in [-0.39, 0.29) is 10.9 Å². The van der Waals surface area contributed by atoms with Crippen molar-refractivity contribution in [3.63, 3.8) is 0 Å². The number of rotatable bonds is 9. The minimum absolute atomic E-state index is 0.0912. The topological polar surface area (TPSA) is 96.0 Å². The van der Waals surface area contributed by atoms with Crippen LogP contribution in [0.5, 0.6) is 0 Å². The number of benzene rings is 2. The summed E-state index contributed by atoms with van der Waals surface area (Å²) in [4.78, 5) is 9.46. The molecule has 3 aromatic rings. The van der Waals surface area contributed by atoms with Crippen LogP contribution < -0.4 is 15.4 Å². The first-order chi connectivity index (χ1) is 16.3. The Bertz CT molecular complexity index is 1210. The Balaban J connectivity index is 1.28. The molecular weight excluding hydrogens is 453 g/mol. The van der Waals surface area contributed by atoms with Crippen molar-refractivity contribution in [1.29, 1.82) is 0 Å². The second kappa shape index (κ2) is 10.7. The van der Waals surface area contributed by atoms with Gasteiger partial charge in [0.05, 0.1) is 10.4 Å². The van der Waals surface area contributed by atoms with Crippen LogP contribution in [0.3, 0.4) is 0 Å². The summed E-state index contributed by atoms with van der Waals surface area (Å²) in [6, 6.07) is 13.1. The second-order valence-corrected chi connectivity index (χ2v) is 11.1. The van der Waals surface area contributed by atoms with Gasteiger partial charge in [-0.15, -0.1) is 0 Å². The van der Waals surface area contributed by atoms with Gasteiger partial charge >= 0.3 is 0 Å². The number of hydrogen-bond donors (Lipinski definition) is 3. The van der Waals surface area contributed by atoms with Gasteiger partial charge in [-0.3, -0.25) is 0 Å². The van der Waals surface area contributed by atoms with Gasteiger partial charge in [-0.1, -0.05) is 12.1 Å². The minimum atomic E-state index is -3.62. The molecule has 1 heterocycles. The van der Waals surface area contributed by atoms with Gasteiger partial charge in [-0.25, -0.2) is 22.5 Å². The summed E-state index contributed by atoms with van der Waals surface area (Å²) in [5.74, 6) is 1.79. The largest absolute Gasteiger partial charge is 0.367 e. The molecule has 4 rings (SSSR count). The number of fused-ring (bicyclic) bond motifs is 1. The fourth-order valence-electron chi connectivity index (χ4n) is 4.34. The molecule has 0 amide bonds. The van der Waals surface area contributed by atoms with Crippen molar-refractivity contribution in [2.24, 2.45) is 11.8 Å². The molecule has 182 valence electrons. The van der Waals surface area contributed by atoms with Crippen LogP contribution in [-0.4, -0.2) is 37.5 Å². The average Bonchev–Trinajstić information content (AvgIpc) is 2.82. The summed E-state index contributed by atoms with van der Waals surface area (Å²) in [6.07, 6.45) is 3.94. The zero-order valence-corrected chi connectivity index (χ0v) is 20.4. The molecule has 1 aliphatic carbocycles. The Kier molecular flexibility index (Phi) is 7.63. The Morgan fingerprint density at radius 1 is 0.941 bits per heavy atom. The number of halogens is 1. The Morgan fingerprint density at radius 3 is 2.26 bits per heavy atom. The Morgan fingerprint density at radius 2 is 1.59 bits per heavy atom. The zero-order valence-electron chi connectivity index (χ0n) is 19.6. The molecule has 1 fully saturated rings. The lowest BCUT2D eigenvalue weighted by atomic mass is 9.82. The Labute approximate surface area is 200 Å². The first-order valence-electron chi connectivity index (χ1n) is 11.8. The number of nitrogens with one attached hydrogen (secondary N) is 3. The van der Waals surface area contributed by atoms with Crippen LogP contribution in [-0.2, 0) is 10.0 Å². The second-order valence-electron chi connectivity index (χ2n) is 9.29. The van der Waals surface area contributed by atoms with E-state index in [4.69, 9.17) is 4.98 Å². The number of hydrogen-bond acceptors (Lipinski definition) is 6. The van der Waals surface area contributed by atoms with E-state index in [9.17, 15) is 12.8 Å². The molecule has 9 heteroatoms. The molecule has 2 aromatic carbocycles. The highest BCUT2D eigenvalue weighted by molar-refractivity contribution is 7.89. The number of sulfonamides is 1. The normalized spacial score (nSPS) is 18.8. The number of para-hydroxylation sites is 1. The Hall–Kier alpha value is -2.78. The molecular formula is C25H32FN5O2S. The molecule has 0 atom stereocenters. The molecule has 0 bridgehead atoms. The molecule has 34 heavy (non-hydrogen) atoms.